The number of ether oxygens (including phenoxy) is 1. The van der Waals surface area contributed by atoms with E-state index in [4.69, 9.17) is 10.5 Å². The largest absolute Gasteiger partial charge is 0.461 e. The molecular formula is C11H14N6O2. The van der Waals surface area contributed by atoms with Crippen LogP contribution in [-0.2, 0) is 4.74 Å². The van der Waals surface area contributed by atoms with Gasteiger partial charge in [-0.2, -0.15) is 10.2 Å². The molecule has 0 saturated carbocycles. The number of anilines is 1. The van der Waals surface area contributed by atoms with E-state index in [1.54, 1.807) is 31.5 Å². The number of aromatic amines is 3. The third kappa shape index (κ3) is 3.12. The van der Waals surface area contributed by atoms with Gasteiger partial charge in [-0.05, 0) is 19.1 Å². The lowest BCUT2D eigenvalue weighted by atomic mass is 10.4. The Bertz CT molecular complexity index is 611. The molecule has 0 radical (unpaired) electrons. The summed E-state index contributed by atoms with van der Waals surface area (Å²) in [7, 11) is 0. The van der Waals surface area contributed by atoms with Crippen LogP contribution in [0.2, 0.25) is 0 Å². The van der Waals surface area contributed by atoms with Gasteiger partial charge >= 0.3 is 5.97 Å². The van der Waals surface area contributed by atoms with Crippen LogP contribution in [0.4, 0.5) is 5.82 Å². The standard InChI is InChI=1S/C8H9N3O2.C3H5N3/c1-2-13-8(12)6-3-5-4-9-11-7(5)10-6;4-3-1-2-5-6-3/h3-4H,2H2,1H3,(H2,9,10,11);1-2H,(H3,4,5,6). The van der Waals surface area contributed by atoms with Gasteiger partial charge in [0, 0.05) is 5.39 Å². The van der Waals surface area contributed by atoms with Gasteiger partial charge in [0.2, 0.25) is 0 Å². The molecule has 100 valence electrons. The summed E-state index contributed by atoms with van der Waals surface area (Å²) in [5, 5.41) is 13.5. The third-order valence-electron chi connectivity index (χ3n) is 2.25. The minimum absolute atomic E-state index is 0.341. The average molecular weight is 262 g/mol. The summed E-state index contributed by atoms with van der Waals surface area (Å²) in [5.74, 6) is 0.266. The maximum Gasteiger partial charge on any atom is 0.354 e. The molecule has 0 bridgehead atoms. The van der Waals surface area contributed by atoms with Gasteiger partial charge in [-0.25, -0.2) is 4.79 Å². The van der Waals surface area contributed by atoms with Crippen LogP contribution in [0.25, 0.3) is 11.0 Å². The number of nitrogens with one attached hydrogen (secondary N) is 3. The molecule has 3 rings (SSSR count). The Hall–Kier alpha value is -2.77. The predicted molar refractivity (Wildman–Crippen MR) is 69.4 cm³/mol. The fraction of sp³-hybridized carbons (Fsp3) is 0.182. The van der Waals surface area contributed by atoms with Crippen LogP contribution in [0, 0.1) is 0 Å². The average Bonchev–Trinajstić information content (AvgIpc) is 3.05. The fourth-order valence-electron chi connectivity index (χ4n) is 1.42. The molecule has 0 atom stereocenters. The van der Waals surface area contributed by atoms with E-state index in [2.05, 4.69) is 25.4 Å². The molecule has 0 aromatic carbocycles. The van der Waals surface area contributed by atoms with Crippen LogP contribution in [0.3, 0.4) is 0 Å². The summed E-state index contributed by atoms with van der Waals surface area (Å²) < 4.78 is 4.82. The summed E-state index contributed by atoms with van der Waals surface area (Å²) in [5.41, 5.74) is 6.35. The van der Waals surface area contributed by atoms with Crippen molar-refractivity contribution in [2.75, 3.05) is 12.3 Å². The van der Waals surface area contributed by atoms with Crippen molar-refractivity contribution >= 4 is 22.8 Å². The molecule has 0 aliphatic rings. The number of fused-ring (bicyclic) bond motifs is 1. The van der Waals surface area contributed by atoms with Crippen molar-refractivity contribution in [2.24, 2.45) is 0 Å². The molecule has 19 heavy (non-hydrogen) atoms. The maximum atomic E-state index is 11.2. The Morgan fingerprint density at radius 2 is 2.26 bits per heavy atom. The van der Waals surface area contributed by atoms with Crippen molar-refractivity contribution in [1.82, 2.24) is 25.4 Å². The lowest BCUT2D eigenvalue weighted by Crippen LogP contribution is -2.04. The number of carbonyl (C=O) groups is 1. The van der Waals surface area contributed by atoms with Crippen LogP contribution in [-0.4, -0.2) is 38.0 Å². The van der Waals surface area contributed by atoms with E-state index < -0.39 is 0 Å². The minimum atomic E-state index is -0.341. The molecule has 0 fully saturated rings. The molecule has 0 aliphatic carbocycles. The van der Waals surface area contributed by atoms with Crippen molar-refractivity contribution in [3.8, 4) is 0 Å². The first-order chi connectivity index (χ1) is 9.20. The molecular weight excluding hydrogens is 248 g/mol. The Morgan fingerprint density at radius 3 is 2.79 bits per heavy atom. The first kappa shape index (κ1) is 12.7. The summed E-state index contributed by atoms with van der Waals surface area (Å²) in [6.45, 7) is 2.15. The summed E-state index contributed by atoms with van der Waals surface area (Å²) in [6, 6.07) is 3.40. The molecule has 8 heteroatoms. The molecule has 0 aliphatic heterocycles. The number of esters is 1. The SMILES string of the molecule is CCOC(=O)c1cc2cn[nH]c2[nH]1.Nc1ccn[nH]1. The van der Waals surface area contributed by atoms with Crippen LogP contribution in [0.1, 0.15) is 17.4 Å². The van der Waals surface area contributed by atoms with E-state index >= 15 is 0 Å². The molecule has 3 aromatic heterocycles. The van der Waals surface area contributed by atoms with Crippen molar-refractivity contribution in [1.29, 1.82) is 0 Å². The monoisotopic (exact) mass is 262 g/mol. The highest BCUT2D eigenvalue weighted by atomic mass is 16.5. The van der Waals surface area contributed by atoms with Gasteiger partial charge in [-0.3, -0.25) is 10.2 Å². The maximum absolute atomic E-state index is 11.2. The van der Waals surface area contributed by atoms with Gasteiger partial charge in [0.1, 0.15) is 17.2 Å². The first-order valence-corrected chi connectivity index (χ1v) is 5.64. The number of H-pyrrole nitrogens is 3. The number of carbonyl (C=O) groups excluding carboxylic acids is 1. The Labute approximate surface area is 108 Å². The quantitative estimate of drug-likeness (QED) is 0.514. The Kier molecular flexibility index (Phi) is 3.81. The topological polar surface area (TPSA) is 125 Å². The highest BCUT2D eigenvalue weighted by molar-refractivity contribution is 5.93. The van der Waals surface area contributed by atoms with Gasteiger partial charge < -0.3 is 15.5 Å². The van der Waals surface area contributed by atoms with Gasteiger partial charge in [-0.1, -0.05) is 0 Å². The van der Waals surface area contributed by atoms with Gasteiger partial charge in [0.05, 0.1) is 19.0 Å². The number of nitrogen functional groups attached to an aromatic ring is 1. The Balaban J connectivity index is 0.000000186. The molecule has 8 nitrogen and oxygen atoms in total. The number of nitrogens with zero attached hydrogens (tertiary/aromatic N) is 2. The zero-order chi connectivity index (χ0) is 13.7. The van der Waals surface area contributed by atoms with E-state index in [0.29, 0.717) is 18.1 Å². The number of aromatic nitrogens is 5. The van der Waals surface area contributed by atoms with Crippen LogP contribution < -0.4 is 5.73 Å². The molecule has 5 N–H and O–H groups in total. The number of hydrogen-bond donors (Lipinski definition) is 4. The zero-order valence-corrected chi connectivity index (χ0v) is 10.3. The first-order valence-electron chi connectivity index (χ1n) is 5.64. The lowest BCUT2D eigenvalue weighted by Gasteiger charge is -1.96. The summed E-state index contributed by atoms with van der Waals surface area (Å²) in [4.78, 5) is 14.1. The van der Waals surface area contributed by atoms with E-state index in [1.165, 1.54) is 0 Å². The molecule has 0 unspecified atom stereocenters. The molecule has 0 spiro atoms. The summed E-state index contributed by atoms with van der Waals surface area (Å²) >= 11 is 0. The highest BCUT2D eigenvalue weighted by Crippen LogP contribution is 2.12. The highest BCUT2D eigenvalue weighted by Gasteiger charge is 2.10. The smallest absolute Gasteiger partial charge is 0.354 e. The predicted octanol–water partition coefficient (Wildman–Crippen LogP) is 1.06. The second-order valence-corrected chi connectivity index (χ2v) is 3.62. The zero-order valence-electron chi connectivity index (χ0n) is 10.3. The number of nitrogens with two attached hydrogens (primary N) is 1. The van der Waals surface area contributed by atoms with Gasteiger partial charge in [-0.15, -0.1) is 0 Å². The van der Waals surface area contributed by atoms with E-state index in [-0.39, 0.29) is 5.97 Å². The number of rotatable bonds is 2. The minimum Gasteiger partial charge on any atom is -0.461 e. The number of hydrogen-bond acceptors (Lipinski definition) is 5. The third-order valence-corrected chi connectivity index (χ3v) is 2.25. The second kappa shape index (κ2) is 5.71. The van der Waals surface area contributed by atoms with Crippen molar-refractivity contribution in [3.63, 3.8) is 0 Å². The molecule has 3 aromatic rings. The lowest BCUT2D eigenvalue weighted by molar-refractivity contribution is 0.0520. The molecule has 0 saturated heterocycles. The second-order valence-electron chi connectivity index (χ2n) is 3.62. The van der Waals surface area contributed by atoms with Crippen LogP contribution in [0.15, 0.2) is 24.5 Å². The van der Waals surface area contributed by atoms with E-state index in [0.717, 1.165) is 11.0 Å². The molecule has 3 heterocycles. The van der Waals surface area contributed by atoms with E-state index in [9.17, 15) is 4.79 Å². The van der Waals surface area contributed by atoms with Gasteiger partial charge in [0.25, 0.3) is 0 Å². The van der Waals surface area contributed by atoms with Crippen molar-refractivity contribution in [2.45, 2.75) is 6.92 Å². The molecule has 0 amide bonds. The van der Waals surface area contributed by atoms with Crippen molar-refractivity contribution < 1.29 is 9.53 Å². The summed E-state index contributed by atoms with van der Waals surface area (Å²) in [6.07, 6.45) is 3.25. The van der Waals surface area contributed by atoms with Crippen molar-refractivity contribution in [3.05, 3.63) is 30.2 Å². The Morgan fingerprint density at radius 1 is 1.42 bits per heavy atom. The van der Waals surface area contributed by atoms with Gasteiger partial charge in [0.15, 0.2) is 0 Å². The normalized spacial score (nSPS) is 9.95. The van der Waals surface area contributed by atoms with E-state index in [1.807, 2.05) is 0 Å². The fourth-order valence-corrected chi connectivity index (χ4v) is 1.42. The van der Waals surface area contributed by atoms with Crippen LogP contribution >= 0.6 is 0 Å². The van der Waals surface area contributed by atoms with Crippen LogP contribution in [0.5, 0.6) is 0 Å².